The summed E-state index contributed by atoms with van der Waals surface area (Å²) < 4.78 is 12.1. The van der Waals surface area contributed by atoms with Crippen molar-refractivity contribution in [3.05, 3.63) is 72.8 Å². The van der Waals surface area contributed by atoms with Gasteiger partial charge >= 0.3 is 0 Å². The van der Waals surface area contributed by atoms with Crippen LogP contribution in [0.25, 0.3) is 22.3 Å². The second-order valence-corrected chi connectivity index (χ2v) is 17.9. The second kappa shape index (κ2) is 7.97. The Bertz CT molecular complexity index is 823. The van der Waals surface area contributed by atoms with E-state index in [0.29, 0.717) is 0 Å². The fraction of sp³-hybridized carbons (Fsp3) is 0.250. The third kappa shape index (κ3) is 5.84. The van der Waals surface area contributed by atoms with Crippen LogP contribution in [0.5, 0.6) is 11.5 Å². The van der Waals surface area contributed by atoms with Gasteiger partial charge in [0.15, 0.2) is 0 Å². The first-order valence-electron chi connectivity index (χ1n) is 9.78. The lowest BCUT2D eigenvalue weighted by molar-refractivity contribution is 0.557. The van der Waals surface area contributed by atoms with E-state index in [2.05, 4.69) is 112 Å². The summed E-state index contributed by atoms with van der Waals surface area (Å²) in [5, 5.41) is 0. The highest BCUT2D eigenvalue weighted by Gasteiger charge is 2.16. The molecule has 0 aliphatic heterocycles. The van der Waals surface area contributed by atoms with Crippen LogP contribution in [0.3, 0.4) is 0 Å². The number of hydrogen-bond acceptors (Lipinski definition) is 2. The summed E-state index contributed by atoms with van der Waals surface area (Å²) in [6.45, 7) is 13.2. The van der Waals surface area contributed by atoms with E-state index < -0.39 is 16.6 Å². The fourth-order valence-corrected chi connectivity index (χ4v) is 4.68. The van der Waals surface area contributed by atoms with Gasteiger partial charge in [0.05, 0.1) is 0 Å². The van der Waals surface area contributed by atoms with Gasteiger partial charge in [0, 0.05) is 0 Å². The van der Waals surface area contributed by atoms with Crippen LogP contribution in [0.1, 0.15) is 0 Å². The number of benzene rings is 3. The number of rotatable bonds is 6. The number of hydrogen-bond donors (Lipinski definition) is 0. The van der Waals surface area contributed by atoms with Gasteiger partial charge in [-0.1, -0.05) is 48.5 Å². The summed E-state index contributed by atoms with van der Waals surface area (Å²) in [5.74, 6) is 1.92. The standard InChI is InChI=1S/C24H30O2Si2/c1-27(2,3)25-23-15-11-21(12-16-23)19-7-9-20(10-8-19)22-13-17-24(18-14-22)26-28(4,5)6/h7-18H,1-6H3. The highest BCUT2D eigenvalue weighted by atomic mass is 28.4. The summed E-state index contributed by atoms with van der Waals surface area (Å²) >= 11 is 0. The van der Waals surface area contributed by atoms with E-state index in [1.165, 1.54) is 22.3 Å². The van der Waals surface area contributed by atoms with Crippen molar-refractivity contribution in [1.29, 1.82) is 0 Å². The van der Waals surface area contributed by atoms with Crippen LogP contribution < -0.4 is 8.85 Å². The van der Waals surface area contributed by atoms with Crippen LogP contribution in [0, 0.1) is 0 Å². The molecule has 0 unspecified atom stereocenters. The first-order valence-corrected chi connectivity index (χ1v) is 16.6. The van der Waals surface area contributed by atoms with Crippen molar-refractivity contribution in [3.63, 3.8) is 0 Å². The Balaban J connectivity index is 1.73. The summed E-state index contributed by atoms with van der Waals surface area (Å²) in [6.07, 6.45) is 0. The zero-order chi connectivity index (χ0) is 20.4. The van der Waals surface area contributed by atoms with Gasteiger partial charge in [0.2, 0.25) is 16.6 Å². The molecule has 0 N–H and O–H groups in total. The third-order valence-corrected chi connectivity index (χ3v) is 5.80. The highest BCUT2D eigenvalue weighted by Crippen LogP contribution is 2.28. The molecule has 0 saturated carbocycles. The van der Waals surface area contributed by atoms with E-state index in [-0.39, 0.29) is 0 Å². The van der Waals surface area contributed by atoms with Gasteiger partial charge in [0.25, 0.3) is 0 Å². The normalized spacial score (nSPS) is 11.9. The molecule has 0 amide bonds. The van der Waals surface area contributed by atoms with Crippen molar-refractivity contribution >= 4 is 16.6 Å². The minimum Gasteiger partial charge on any atom is -0.544 e. The largest absolute Gasteiger partial charge is 0.544 e. The molecule has 3 aromatic rings. The third-order valence-electron chi connectivity index (χ3n) is 4.11. The molecular weight excluding hydrogens is 376 g/mol. The maximum Gasteiger partial charge on any atom is 0.242 e. The summed E-state index contributed by atoms with van der Waals surface area (Å²) in [5.41, 5.74) is 4.82. The maximum atomic E-state index is 6.04. The molecule has 3 aromatic carbocycles. The molecule has 0 radical (unpaired) electrons. The predicted molar refractivity (Wildman–Crippen MR) is 125 cm³/mol. The molecule has 0 aliphatic carbocycles. The van der Waals surface area contributed by atoms with Gasteiger partial charge in [-0.15, -0.1) is 0 Å². The first kappa shape index (κ1) is 20.4. The molecular formula is C24H30O2Si2. The van der Waals surface area contributed by atoms with E-state index in [1.807, 2.05) is 0 Å². The fourth-order valence-electron chi connectivity index (χ4n) is 2.99. The van der Waals surface area contributed by atoms with Gasteiger partial charge in [0.1, 0.15) is 11.5 Å². The minimum absolute atomic E-state index is 0.958. The minimum atomic E-state index is -1.56. The Morgan fingerprint density at radius 2 is 0.607 bits per heavy atom. The molecule has 0 spiro atoms. The summed E-state index contributed by atoms with van der Waals surface area (Å²) in [6, 6.07) is 25.5. The van der Waals surface area contributed by atoms with E-state index in [0.717, 1.165) is 11.5 Å². The molecule has 4 heteroatoms. The van der Waals surface area contributed by atoms with Gasteiger partial charge in [-0.2, -0.15) is 0 Å². The van der Waals surface area contributed by atoms with Gasteiger partial charge in [-0.25, -0.2) is 0 Å². The lowest BCUT2D eigenvalue weighted by Crippen LogP contribution is -2.29. The van der Waals surface area contributed by atoms with Crippen molar-refractivity contribution in [2.75, 3.05) is 0 Å². The molecule has 0 bridgehead atoms. The highest BCUT2D eigenvalue weighted by molar-refractivity contribution is 6.70. The maximum absolute atomic E-state index is 6.04. The lowest BCUT2D eigenvalue weighted by atomic mass is 10.0. The average Bonchev–Trinajstić information content (AvgIpc) is 2.61. The Labute approximate surface area is 171 Å². The van der Waals surface area contributed by atoms with E-state index in [9.17, 15) is 0 Å². The molecule has 146 valence electrons. The first-order chi connectivity index (χ1) is 13.1. The quantitative estimate of drug-likeness (QED) is 0.396. The molecule has 3 rings (SSSR count). The van der Waals surface area contributed by atoms with Crippen LogP contribution in [0.15, 0.2) is 72.8 Å². The lowest BCUT2D eigenvalue weighted by Gasteiger charge is -2.19. The molecule has 2 nitrogen and oxygen atoms in total. The second-order valence-electron chi connectivity index (χ2n) is 9.05. The Kier molecular flexibility index (Phi) is 5.82. The van der Waals surface area contributed by atoms with Crippen LogP contribution in [-0.2, 0) is 0 Å². The average molecular weight is 407 g/mol. The van der Waals surface area contributed by atoms with Gasteiger partial charge < -0.3 is 8.85 Å². The van der Waals surface area contributed by atoms with Crippen LogP contribution in [0.2, 0.25) is 39.3 Å². The topological polar surface area (TPSA) is 18.5 Å². The predicted octanol–water partition coefficient (Wildman–Crippen LogP) is 7.45. The summed E-state index contributed by atoms with van der Waals surface area (Å²) in [4.78, 5) is 0. The Morgan fingerprint density at radius 1 is 0.393 bits per heavy atom. The molecule has 0 fully saturated rings. The van der Waals surface area contributed by atoms with Crippen LogP contribution >= 0.6 is 0 Å². The Morgan fingerprint density at radius 3 is 0.821 bits per heavy atom. The molecule has 0 aliphatic rings. The SMILES string of the molecule is C[Si](C)(C)Oc1ccc(-c2ccc(-c3ccc(O[Si](C)(C)C)cc3)cc2)cc1. The Hall–Kier alpha value is -2.31. The van der Waals surface area contributed by atoms with Gasteiger partial charge in [-0.3, -0.25) is 0 Å². The zero-order valence-electron chi connectivity index (χ0n) is 17.7. The van der Waals surface area contributed by atoms with E-state index in [1.54, 1.807) is 0 Å². The molecule has 0 atom stereocenters. The monoisotopic (exact) mass is 406 g/mol. The summed E-state index contributed by atoms with van der Waals surface area (Å²) in [7, 11) is -3.13. The van der Waals surface area contributed by atoms with Crippen LogP contribution in [-0.4, -0.2) is 16.6 Å². The van der Waals surface area contributed by atoms with E-state index in [4.69, 9.17) is 8.85 Å². The van der Waals surface area contributed by atoms with Gasteiger partial charge in [-0.05, 0) is 85.8 Å². The van der Waals surface area contributed by atoms with Crippen molar-refractivity contribution in [3.8, 4) is 33.8 Å². The van der Waals surface area contributed by atoms with Crippen molar-refractivity contribution in [1.82, 2.24) is 0 Å². The van der Waals surface area contributed by atoms with Crippen molar-refractivity contribution in [2.24, 2.45) is 0 Å². The van der Waals surface area contributed by atoms with Crippen molar-refractivity contribution in [2.45, 2.75) is 39.3 Å². The molecule has 0 saturated heterocycles. The molecule has 0 aromatic heterocycles. The van der Waals surface area contributed by atoms with Crippen molar-refractivity contribution < 1.29 is 8.85 Å². The van der Waals surface area contributed by atoms with E-state index >= 15 is 0 Å². The molecule has 28 heavy (non-hydrogen) atoms. The zero-order valence-corrected chi connectivity index (χ0v) is 19.7. The molecule has 0 heterocycles. The van der Waals surface area contributed by atoms with Crippen LogP contribution in [0.4, 0.5) is 0 Å². The smallest absolute Gasteiger partial charge is 0.242 e.